The summed E-state index contributed by atoms with van der Waals surface area (Å²) in [6.45, 7) is 4.46. The van der Waals surface area contributed by atoms with Crippen molar-refractivity contribution < 1.29 is 9.59 Å². The van der Waals surface area contributed by atoms with E-state index in [1.807, 2.05) is 0 Å². The van der Waals surface area contributed by atoms with Crippen molar-refractivity contribution in [1.82, 2.24) is 0 Å². The number of carbonyl (C=O) groups is 2. The zero-order valence-electron chi connectivity index (χ0n) is 11.8. The van der Waals surface area contributed by atoms with E-state index in [0.717, 1.165) is 12.8 Å². The molecule has 0 unspecified atom stereocenters. The minimum atomic E-state index is -0.310. The molecule has 0 bridgehead atoms. The van der Waals surface area contributed by atoms with Gasteiger partial charge in [0.1, 0.15) is 0 Å². The fourth-order valence-electron chi connectivity index (χ4n) is 1.87. The van der Waals surface area contributed by atoms with Gasteiger partial charge in [0.15, 0.2) is 0 Å². The number of carbonyl (C=O) groups excluding carboxylic acids is 2. The van der Waals surface area contributed by atoms with Gasteiger partial charge in [0.2, 0.25) is 11.8 Å². The molecule has 1 saturated carbocycles. The van der Waals surface area contributed by atoms with Gasteiger partial charge in [-0.05, 0) is 25.7 Å². The van der Waals surface area contributed by atoms with Crippen LogP contribution in [0.2, 0.25) is 0 Å². The van der Waals surface area contributed by atoms with Crippen molar-refractivity contribution in [2.24, 2.45) is 16.9 Å². The van der Waals surface area contributed by atoms with Gasteiger partial charge in [-0.25, -0.2) is 0 Å². The molecule has 0 heterocycles. The average molecular weight is 256 g/mol. The third kappa shape index (κ3) is 7.30. The van der Waals surface area contributed by atoms with Gasteiger partial charge in [-0.15, -0.1) is 0 Å². The highest BCUT2D eigenvalue weighted by molar-refractivity contribution is 5.83. The van der Waals surface area contributed by atoms with Crippen LogP contribution in [-0.2, 0) is 9.59 Å². The summed E-state index contributed by atoms with van der Waals surface area (Å²) in [5.74, 6) is -0.540. The van der Waals surface area contributed by atoms with E-state index in [4.69, 9.17) is 11.5 Å². The molecule has 2 amide bonds. The van der Waals surface area contributed by atoms with Crippen LogP contribution in [0.5, 0.6) is 0 Å². The summed E-state index contributed by atoms with van der Waals surface area (Å²) in [6.07, 6.45) is 9.04. The lowest BCUT2D eigenvalue weighted by Crippen LogP contribution is -2.25. The molecule has 0 atom stereocenters. The molecule has 4 N–H and O–H groups in total. The number of amides is 2. The van der Waals surface area contributed by atoms with Gasteiger partial charge in [-0.1, -0.05) is 39.5 Å². The molecule has 1 rings (SSSR count). The van der Waals surface area contributed by atoms with Crippen LogP contribution in [0.4, 0.5) is 0 Å². The summed E-state index contributed by atoms with van der Waals surface area (Å²) in [4.78, 5) is 21.2. The number of hydrogen-bond donors (Lipinski definition) is 2. The van der Waals surface area contributed by atoms with E-state index >= 15 is 0 Å². The second kappa shape index (κ2) is 8.95. The van der Waals surface area contributed by atoms with E-state index in [1.165, 1.54) is 25.7 Å². The highest BCUT2D eigenvalue weighted by Crippen LogP contribution is 2.49. The van der Waals surface area contributed by atoms with Crippen LogP contribution in [0.3, 0.4) is 0 Å². The molecule has 4 nitrogen and oxygen atoms in total. The maximum Gasteiger partial charge on any atom is 0.223 e. The minimum absolute atomic E-state index is 0.230. The van der Waals surface area contributed by atoms with E-state index in [9.17, 15) is 9.59 Å². The Balaban J connectivity index is 0.000000411. The minimum Gasteiger partial charge on any atom is -0.370 e. The summed E-state index contributed by atoms with van der Waals surface area (Å²) in [5, 5.41) is 0. The molecule has 0 radical (unpaired) electrons. The predicted octanol–water partition coefficient (Wildman–Crippen LogP) is 2.49. The van der Waals surface area contributed by atoms with Gasteiger partial charge >= 0.3 is 0 Å². The monoisotopic (exact) mass is 256 g/mol. The van der Waals surface area contributed by atoms with Gasteiger partial charge in [0.05, 0.1) is 0 Å². The predicted molar refractivity (Wildman–Crippen MR) is 73.7 cm³/mol. The van der Waals surface area contributed by atoms with Crippen molar-refractivity contribution in [1.29, 1.82) is 0 Å². The molecular weight excluding hydrogens is 228 g/mol. The van der Waals surface area contributed by atoms with Crippen LogP contribution in [0.15, 0.2) is 0 Å². The highest BCUT2D eigenvalue weighted by atomic mass is 16.1. The van der Waals surface area contributed by atoms with E-state index < -0.39 is 0 Å². The lowest BCUT2D eigenvalue weighted by atomic mass is 9.98. The summed E-state index contributed by atoms with van der Waals surface area (Å²) in [5.41, 5.74) is 9.88. The lowest BCUT2D eigenvalue weighted by Gasteiger charge is -2.08. The zero-order valence-corrected chi connectivity index (χ0v) is 11.8. The first kappa shape index (κ1) is 16.9. The topological polar surface area (TPSA) is 86.2 Å². The first-order chi connectivity index (χ1) is 8.48. The molecule has 0 spiro atoms. The Kier molecular flexibility index (Phi) is 8.42. The lowest BCUT2D eigenvalue weighted by molar-refractivity contribution is -0.124. The Morgan fingerprint density at radius 3 is 1.78 bits per heavy atom. The van der Waals surface area contributed by atoms with Crippen molar-refractivity contribution >= 4 is 11.8 Å². The molecular formula is C14H28N2O2. The van der Waals surface area contributed by atoms with E-state index in [-0.39, 0.29) is 17.2 Å². The van der Waals surface area contributed by atoms with Gasteiger partial charge < -0.3 is 11.5 Å². The summed E-state index contributed by atoms with van der Waals surface area (Å²) in [6, 6.07) is 0. The zero-order chi connectivity index (χ0) is 14.0. The smallest absolute Gasteiger partial charge is 0.223 e. The average Bonchev–Trinajstić information content (AvgIpc) is 3.08. The molecule has 0 aromatic carbocycles. The third-order valence-corrected chi connectivity index (χ3v) is 3.41. The van der Waals surface area contributed by atoms with Gasteiger partial charge in [0, 0.05) is 11.8 Å². The second-order valence-corrected chi connectivity index (χ2v) is 5.17. The van der Waals surface area contributed by atoms with Crippen LogP contribution in [0.25, 0.3) is 0 Å². The van der Waals surface area contributed by atoms with Crippen LogP contribution >= 0.6 is 0 Å². The molecule has 1 fully saturated rings. The van der Waals surface area contributed by atoms with Crippen molar-refractivity contribution in [2.75, 3.05) is 0 Å². The van der Waals surface area contributed by atoms with Crippen molar-refractivity contribution in [3.8, 4) is 0 Å². The molecule has 1 aliphatic rings. The number of nitrogens with two attached hydrogens (primary N) is 2. The van der Waals surface area contributed by atoms with Crippen LogP contribution in [0, 0.1) is 5.41 Å². The third-order valence-electron chi connectivity index (χ3n) is 3.41. The Morgan fingerprint density at radius 2 is 1.50 bits per heavy atom. The number of rotatable bonds is 8. The van der Waals surface area contributed by atoms with Gasteiger partial charge in [-0.2, -0.15) is 0 Å². The molecule has 0 aliphatic heterocycles. The van der Waals surface area contributed by atoms with Crippen molar-refractivity contribution in [2.45, 2.75) is 71.6 Å². The Morgan fingerprint density at radius 1 is 1.00 bits per heavy atom. The highest BCUT2D eigenvalue weighted by Gasteiger charge is 2.47. The Bertz CT molecular complexity index is 257. The number of hydrogen-bond acceptors (Lipinski definition) is 2. The molecule has 0 aromatic heterocycles. The fraction of sp³-hybridized carbons (Fsp3) is 0.857. The second-order valence-electron chi connectivity index (χ2n) is 5.17. The molecule has 1 aliphatic carbocycles. The maximum atomic E-state index is 10.9. The van der Waals surface area contributed by atoms with E-state index in [1.54, 1.807) is 0 Å². The Hall–Kier alpha value is -1.06. The van der Waals surface area contributed by atoms with Crippen molar-refractivity contribution in [3.63, 3.8) is 0 Å². The standard InChI is InChI=1S/C8H14N2O2.C6H14/c9-6(11)2-1-3-8(4-5-8)7(10)12;1-3-5-6-4-2/h1-5H2,(H2,9,11)(H2,10,12);3-6H2,1-2H3. The normalized spacial score (nSPS) is 15.4. The quantitative estimate of drug-likeness (QED) is 0.654. The Labute approximate surface area is 110 Å². The maximum absolute atomic E-state index is 10.9. The van der Waals surface area contributed by atoms with Gasteiger partial charge in [0.25, 0.3) is 0 Å². The fourth-order valence-corrected chi connectivity index (χ4v) is 1.87. The molecule has 0 aromatic rings. The molecule has 18 heavy (non-hydrogen) atoms. The summed E-state index contributed by atoms with van der Waals surface area (Å²) >= 11 is 0. The first-order valence-corrected chi connectivity index (χ1v) is 7.06. The number of unbranched alkanes of at least 4 members (excludes halogenated alkanes) is 3. The van der Waals surface area contributed by atoms with Crippen LogP contribution in [-0.4, -0.2) is 11.8 Å². The molecule has 0 saturated heterocycles. The number of primary amides is 2. The van der Waals surface area contributed by atoms with Crippen LogP contribution in [0.1, 0.15) is 71.6 Å². The van der Waals surface area contributed by atoms with E-state index in [2.05, 4.69) is 13.8 Å². The van der Waals surface area contributed by atoms with Crippen LogP contribution < -0.4 is 11.5 Å². The SMILES string of the molecule is CCCCCC.NC(=O)CCCC1(C(N)=O)CC1. The van der Waals surface area contributed by atoms with Gasteiger partial charge in [-0.3, -0.25) is 9.59 Å². The summed E-state index contributed by atoms with van der Waals surface area (Å²) < 4.78 is 0. The molecule has 106 valence electrons. The molecule has 4 heteroatoms. The first-order valence-electron chi connectivity index (χ1n) is 7.06. The van der Waals surface area contributed by atoms with Crippen molar-refractivity contribution in [3.05, 3.63) is 0 Å². The summed E-state index contributed by atoms with van der Waals surface area (Å²) in [7, 11) is 0. The largest absolute Gasteiger partial charge is 0.370 e. The van der Waals surface area contributed by atoms with E-state index in [0.29, 0.717) is 19.3 Å².